The molecule has 0 bridgehead atoms. The van der Waals surface area contributed by atoms with Crippen LogP contribution in [0, 0.1) is 6.92 Å². The average Bonchev–Trinajstić information content (AvgIpc) is 2.70. The Morgan fingerprint density at radius 2 is 1.70 bits per heavy atom. The molecule has 0 unspecified atom stereocenters. The smallest absolute Gasteiger partial charge is 0.339 e. The Balaban J connectivity index is 1.79. The van der Waals surface area contributed by atoms with E-state index in [-0.39, 0.29) is 5.91 Å². The van der Waals surface area contributed by atoms with Crippen molar-refractivity contribution >= 4 is 28.9 Å². The largest absolute Gasteiger partial charge is 0.465 e. The van der Waals surface area contributed by atoms with Crippen molar-refractivity contribution in [3.8, 4) is 0 Å². The van der Waals surface area contributed by atoms with Gasteiger partial charge in [0.25, 0.3) is 5.91 Å². The summed E-state index contributed by atoms with van der Waals surface area (Å²) < 4.78 is 4.79. The molecule has 3 rings (SSSR count). The molecule has 0 radical (unpaired) electrons. The van der Waals surface area contributed by atoms with Crippen molar-refractivity contribution in [1.29, 1.82) is 0 Å². The Hall–Kier alpha value is -3.67. The van der Waals surface area contributed by atoms with Gasteiger partial charge in [0.15, 0.2) is 0 Å². The molecule has 2 N–H and O–H groups in total. The summed E-state index contributed by atoms with van der Waals surface area (Å²) in [7, 11) is 1.33. The molecule has 0 saturated carbocycles. The second-order valence-corrected chi connectivity index (χ2v) is 5.94. The van der Waals surface area contributed by atoms with E-state index in [1.165, 1.54) is 13.3 Å². The number of ether oxygens (including phenoxy) is 1. The summed E-state index contributed by atoms with van der Waals surface area (Å²) in [4.78, 5) is 28.5. The number of para-hydroxylation sites is 1. The quantitative estimate of drug-likeness (QED) is 0.667. The number of anilines is 3. The molecule has 0 aliphatic carbocycles. The molecule has 27 heavy (non-hydrogen) atoms. The van der Waals surface area contributed by atoms with Crippen LogP contribution in [0.15, 0.2) is 67.0 Å². The van der Waals surface area contributed by atoms with Crippen LogP contribution in [0.2, 0.25) is 0 Å². The molecule has 0 aliphatic rings. The molecule has 2 aromatic carbocycles. The number of nitrogens with one attached hydrogen (secondary N) is 2. The number of amides is 1. The molecular weight excluding hydrogens is 342 g/mol. The van der Waals surface area contributed by atoms with Gasteiger partial charge in [0.1, 0.15) is 0 Å². The van der Waals surface area contributed by atoms with Gasteiger partial charge in [-0.05, 0) is 37.3 Å². The highest BCUT2D eigenvalue weighted by molar-refractivity contribution is 6.04. The minimum Gasteiger partial charge on any atom is -0.465 e. The molecule has 3 aromatic rings. The summed E-state index contributed by atoms with van der Waals surface area (Å²) in [5.41, 5.74) is 3.78. The third kappa shape index (κ3) is 4.49. The van der Waals surface area contributed by atoms with Gasteiger partial charge in [0.2, 0.25) is 0 Å². The first-order chi connectivity index (χ1) is 13.1. The van der Waals surface area contributed by atoms with Crippen molar-refractivity contribution in [2.75, 3.05) is 17.7 Å². The van der Waals surface area contributed by atoms with Crippen molar-refractivity contribution in [1.82, 2.24) is 4.98 Å². The van der Waals surface area contributed by atoms with E-state index in [9.17, 15) is 9.59 Å². The van der Waals surface area contributed by atoms with Crippen LogP contribution in [0.25, 0.3) is 0 Å². The van der Waals surface area contributed by atoms with Gasteiger partial charge in [-0.25, -0.2) is 4.79 Å². The van der Waals surface area contributed by atoms with Crippen molar-refractivity contribution in [2.24, 2.45) is 0 Å². The number of rotatable bonds is 5. The summed E-state index contributed by atoms with van der Waals surface area (Å²) in [6.45, 7) is 1.98. The molecule has 1 aromatic heterocycles. The number of esters is 1. The summed E-state index contributed by atoms with van der Waals surface area (Å²) in [6, 6.07) is 16.2. The number of hydrogen-bond donors (Lipinski definition) is 2. The van der Waals surface area contributed by atoms with Crippen molar-refractivity contribution < 1.29 is 14.3 Å². The van der Waals surface area contributed by atoms with E-state index >= 15 is 0 Å². The molecule has 0 fully saturated rings. The van der Waals surface area contributed by atoms with Gasteiger partial charge in [0.05, 0.1) is 35.8 Å². The van der Waals surface area contributed by atoms with Crippen LogP contribution in [0.4, 0.5) is 17.1 Å². The first-order valence-corrected chi connectivity index (χ1v) is 8.34. The summed E-state index contributed by atoms with van der Waals surface area (Å²) in [5.74, 6) is -0.712. The number of nitrogens with zero attached hydrogens (tertiary/aromatic N) is 1. The Bertz CT molecular complexity index is 968. The van der Waals surface area contributed by atoms with Crippen LogP contribution in [-0.2, 0) is 4.74 Å². The van der Waals surface area contributed by atoms with Gasteiger partial charge in [-0.15, -0.1) is 0 Å². The number of carbonyl (C=O) groups excluding carboxylic acids is 2. The second-order valence-electron chi connectivity index (χ2n) is 5.94. The first kappa shape index (κ1) is 18.1. The van der Waals surface area contributed by atoms with E-state index in [1.54, 1.807) is 36.5 Å². The van der Waals surface area contributed by atoms with Gasteiger partial charge in [-0.1, -0.05) is 29.8 Å². The van der Waals surface area contributed by atoms with Gasteiger partial charge in [-0.2, -0.15) is 0 Å². The Morgan fingerprint density at radius 1 is 0.963 bits per heavy atom. The number of pyridine rings is 1. The Kier molecular flexibility index (Phi) is 5.47. The maximum atomic E-state index is 12.5. The molecule has 1 amide bonds. The lowest BCUT2D eigenvalue weighted by molar-refractivity contribution is 0.0601. The van der Waals surface area contributed by atoms with E-state index in [4.69, 9.17) is 4.74 Å². The lowest BCUT2D eigenvalue weighted by Crippen LogP contribution is -2.12. The van der Waals surface area contributed by atoms with E-state index in [2.05, 4.69) is 15.6 Å². The predicted octanol–water partition coefficient (Wildman–Crippen LogP) is 4.17. The number of aromatic nitrogens is 1. The third-order valence-corrected chi connectivity index (χ3v) is 3.92. The molecule has 6 heteroatoms. The average molecular weight is 361 g/mol. The van der Waals surface area contributed by atoms with Crippen LogP contribution >= 0.6 is 0 Å². The number of aryl methyl sites for hydroxylation is 1. The lowest BCUT2D eigenvalue weighted by Gasteiger charge is -2.11. The molecule has 0 atom stereocenters. The monoisotopic (exact) mass is 361 g/mol. The van der Waals surface area contributed by atoms with Crippen LogP contribution in [0.1, 0.15) is 26.3 Å². The fraction of sp³-hybridized carbons (Fsp3) is 0.0952. The zero-order chi connectivity index (χ0) is 19.2. The Morgan fingerprint density at radius 3 is 2.44 bits per heavy atom. The lowest BCUT2D eigenvalue weighted by atomic mass is 10.1. The first-order valence-electron chi connectivity index (χ1n) is 8.34. The topological polar surface area (TPSA) is 80.3 Å². The van der Waals surface area contributed by atoms with Crippen LogP contribution < -0.4 is 10.6 Å². The number of hydrogen-bond acceptors (Lipinski definition) is 5. The minimum atomic E-state index is -0.445. The SMILES string of the molecule is COC(=O)c1ccccc1Nc1cncc(C(=O)Nc2ccc(C)cc2)c1. The Labute approximate surface area is 157 Å². The molecule has 0 aliphatic heterocycles. The highest BCUT2D eigenvalue weighted by Gasteiger charge is 2.12. The normalized spacial score (nSPS) is 10.1. The molecule has 0 spiro atoms. The molecule has 136 valence electrons. The van der Waals surface area contributed by atoms with Crippen LogP contribution in [-0.4, -0.2) is 24.0 Å². The maximum Gasteiger partial charge on any atom is 0.339 e. The van der Waals surface area contributed by atoms with Gasteiger partial charge in [-0.3, -0.25) is 9.78 Å². The van der Waals surface area contributed by atoms with Crippen molar-refractivity contribution in [3.05, 3.63) is 83.7 Å². The standard InChI is InChI=1S/C21H19N3O3/c1-14-7-9-16(10-8-14)24-20(25)15-11-17(13-22-12-15)23-19-6-4-3-5-18(19)21(26)27-2/h3-13,23H,1-2H3,(H,24,25). The second kappa shape index (κ2) is 8.14. The highest BCUT2D eigenvalue weighted by Crippen LogP contribution is 2.22. The third-order valence-electron chi connectivity index (χ3n) is 3.92. The van der Waals surface area contributed by atoms with E-state index in [1.807, 2.05) is 31.2 Å². The summed E-state index contributed by atoms with van der Waals surface area (Å²) in [6.07, 6.45) is 3.07. The zero-order valence-corrected chi connectivity index (χ0v) is 15.0. The predicted molar refractivity (Wildman–Crippen MR) is 104 cm³/mol. The molecule has 1 heterocycles. The number of carbonyl (C=O) groups is 2. The highest BCUT2D eigenvalue weighted by atomic mass is 16.5. The number of methoxy groups -OCH3 is 1. The zero-order valence-electron chi connectivity index (χ0n) is 15.0. The van der Waals surface area contributed by atoms with Crippen molar-refractivity contribution in [3.63, 3.8) is 0 Å². The van der Waals surface area contributed by atoms with Gasteiger partial charge < -0.3 is 15.4 Å². The molecule has 6 nitrogen and oxygen atoms in total. The summed E-state index contributed by atoms with van der Waals surface area (Å²) in [5, 5.41) is 5.95. The van der Waals surface area contributed by atoms with E-state index in [0.29, 0.717) is 28.2 Å². The van der Waals surface area contributed by atoms with Gasteiger partial charge >= 0.3 is 5.97 Å². The molecule has 0 saturated heterocycles. The molecular formula is C21H19N3O3. The van der Waals surface area contributed by atoms with Crippen LogP contribution in [0.3, 0.4) is 0 Å². The van der Waals surface area contributed by atoms with E-state index < -0.39 is 5.97 Å². The van der Waals surface area contributed by atoms with E-state index in [0.717, 1.165) is 5.56 Å². The van der Waals surface area contributed by atoms with Gasteiger partial charge in [0, 0.05) is 11.9 Å². The fourth-order valence-corrected chi connectivity index (χ4v) is 2.51. The summed E-state index contributed by atoms with van der Waals surface area (Å²) >= 11 is 0. The fourth-order valence-electron chi connectivity index (χ4n) is 2.51. The number of benzene rings is 2. The van der Waals surface area contributed by atoms with Crippen molar-refractivity contribution in [2.45, 2.75) is 6.92 Å². The van der Waals surface area contributed by atoms with Crippen LogP contribution in [0.5, 0.6) is 0 Å². The maximum absolute atomic E-state index is 12.5. The minimum absolute atomic E-state index is 0.267.